The molecule has 0 radical (unpaired) electrons. The van der Waals surface area contributed by atoms with Crippen LogP contribution in [0.1, 0.15) is 65.0 Å². The van der Waals surface area contributed by atoms with E-state index in [0.717, 1.165) is 16.0 Å². The molecule has 0 aliphatic carbocycles. The lowest BCUT2D eigenvalue weighted by molar-refractivity contribution is -0.900. The Balaban J connectivity index is 1.51. The van der Waals surface area contributed by atoms with Gasteiger partial charge in [-0.3, -0.25) is 24.0 Å². The molecule has 3 unspecified atom stereocenters. The zero-order valence-corrected chi connectivity index (χ0v) is 31.4. The molecular formula is C40H58N5O7+. The third kappa shape index (κ3) is 13.1. The van der Waals surface area contributed by atoms with E-state index in [4.69, 9.17) is 9.47 Å². The van der Waals surface area contributed by atoms with Gasteiger partial charge in [0, 0.05) is 6.42 Å². The molecule has 4 amide bonds. The molecule has 2 saturated heterocycles. The Labute approximate surface area is 308 Å². The fourth-order valence-corrected chi connectivity index (χ4v) is 6.43. The van der Waals surface area contributed by atoms with Crippen molar-refractivity contribution in [2.75, 3.05) is 39.5 Å². The summed E-state index contributed by atoms with van der Waals surface area (Å²) in [6.07, 6.45) is 1.79. The fourth-order valence-electron chi connectivity index (χ4n) is 6.43. The Morgan fingerprint density at radius 2 is 1.19 bits per heavy atom. The number of aryl methyl sites for hydroxylation is 1. The first-order valence-corrected chi connectivity index (χ1v) is 18.7. The Bertz CT molecular complexity index is 1480. The van der Waals surface area contributed by atoms with Crippen molar-refractivity contribution in [3.05, 3.63) is 71.8 Å². The predicted octanol–water partition coefficient (Wildman–Crippen LogP) is 1.17. The minimum atomic E-state index is -1.03. The van der Waals surface area contributed by atoms with E-state index in [0.29, 0.717) is 58.6 Å². The van der Waals surface area contributed by atoms with Gasteiger partial charge in [-0.05, 0) is 55.6 Å². The number of hydrogen-bond donors (Lipinski definition) is 5. The number of ketones is 1. The van der Waals surface area contributed by atoms with Crippen LogP contribution in [-0.2, 0) is 46.3 Å². The molecule has 2 aliphatic heterocycles. The molecule has 2 aliphatic rings. The van der Waals surface area contributed by atoms with Crippen molar-refractivity contribution in [3.63, 3.8) is 0 Å². The standard InChI is InChI=1S/C40H57N5O7/c1-27(2)22-32(36(47)40(5)26-52-40)42-39(50)34(24-30-14-10-7-11-15-30)44-38(49)33(23-28(3)4)43-37(48)31(17-16-29-12-8-6-9-13-29)41-35(46)25-45-18-20-51-21-19-45/h6-15,27-28,31-34H,16-26H2,1-5H3,(H,41,46)(H,42,50)(H,43,48)(H,44,49)/p+1/t31?,32-,33?,34?,40+/m0/s1. The van der Waals surface area contributed by atoms with Gasteiger partial charge in [0.15, 0.2) is 12.3 Å². The van der Waals surface area contributed by atoms with E-state index in [1.165, 1.54) is 0 Å². The SMILES string of the molecule is CC(C)CC(NC(=O)C(CCc1ccccc1)NC(=O)C[NH+]1CCOCC1)C(=O)NC(Cc1ccccc1)C(=O)N[C@@H](CC(C)C)C(=O)[C@@]1(C)CO1. The van der Waals surface area contributed by atoms with Crippen LogP contribution in [0.4, 0.5) is 0 Å². The van der Waals surface area contributed by atoms with E-state index >= 15 is 0 Å². The summed E-state index contributed by atoms with van der Waals surface area (Å²) in [5.41, 5.74) is 0.923. The van der Waals surface area contributed by atoms with Gasteiger partial charge in [-0.1, -0.05) is 88.4 Å². The Hall–Kier alpha value is -4.13. The number of epoxide rings is 1. The molecule has 0 aromatic heterocycles. The second kappa shape index (κ2) is 19.6. The number of ether oxygens (including phenoxy) is 2. The van der Waals surface area contributed by atoms with E-state index in [9.17, 15) is 24.0 Å². The molecule has 52 heavy (non-hydrogen) atoms. The van der Waals surface area contributed by atoms with Gasteiger partial charge in [0.05, 0.1) is 25.9 Å². The van der Waals surface area contributed by atoms with Crippen LogP contribution in [0.15, 0.2) is 60.7 Å². The Morgan fingerprint density at radius 1 is 0.692 bits per heavy atom. The summed E-state index contributed by atoms with van der Waals surface area (Å²) in [6, 6.07) is 15.4. The molecule has 5 N–H and O–H groups in total. The van der Waals surface area contributed by atoms with Crippen molar-refractivity contribution >= 4 is 29.4 Å². The number of hydrogen-bond acceptors (Lipinski definition) is 7. The van der Waals surface area contributed by atoms with Crippen LogP contribution in [-0.4, -0.2) is 98.6 Å². The Morgan fingerprint density at radius 3 is 1.77 bits per heavy atom. The average molecular weight is 721 g/mol. The summed E-state index contributed by atoms with van der Waals surface area (Å²) in [6.45, 7) is 12.7. The van der Waals surface area contributed by atoms with E-state index < -0.39 is 47.5 Å². The molecule has 4 rings (SSSR count). The number of carbonyl (C=O) groups is 5. The van der Waals surface area contributed by atoms with Gasteiger partial charge in [-0.15, -0.1) is 0 Å². The second-order valence-corrected chi connectivity index (χ2v) is 15.2. The lowest BCUT2D eigenvalue weighted by Crippen LogP contribution is -3.15. The molecule has 0 spiro atoms. The molecule has 2 heterocycles. The number of quaternary nitrogens is 1. The first kappa shape index (κ1) is 40.6. The van der Waals surface area contributed by atoms with E-state index in [1.807, 2.05) is 88.4 Å². The molecule has 284 valence electrons. The maximum atomic E-state index is 14.1. The van der Waals surface area contributed by atoms with Crippen LogP contribution < -0.4 is 26.2 Å². The zero-order valence-electron chi connectivity index (χ0n) is 31.4. The lowest BCUT2D eigenvalue weighted by Gasteiger charge is -2.28. The first-order valence-electron chi connectivity index (χ1n) is 18.7. The van der Waals surface area contributed by atoms with Gasteiger partial charge in [-0.25, -0.2) is 0 Å². The van der Waals surface area contributed by atoms with Crippen molar-refractivity contribution < 1.29 is 38.3 Å². The topological polar surface area (TPSA) is 160 Å². The number of amides is 4. The van der Waals surface area contributed by atoms with Gasteiger partial charge in [0.2, 0.25) is 17.7 Å². The summed E-state index contributed by atoms with van der Waals surface area (Å²) in [5.74, 6) is -1.77. The van der Waals surface area contributed by atoms with Gasteiger partial charge in [0.1, 0.15) is 36.8 Å². The van der Waals surface area contributed by atoms with Crippen LogP contribution in [0.2, 0.25) is 0 Å². The van der Waals surface area contributed by atoms with E-state index in [-0.39, 0.29) is 36.5 Å². The van der Waals surface area contributed by atoms with Crippen LogP contribution in [0.3, 0.4) is 0 Å². The normalized spacial score (nSPS) is 19.6. The molecule has 0 saturated carbocycles. The molecule has 0 bridgehead atoms. The smallest absolute Gasteiger partial charge is 0.275 e. The van der Waals surface area contributed by atoms with Crippen LogP contribution >= 0.6 is 0 Å². The Kier molecular flexibility index (Phi) is 15.3. The minimum Gasteiger partial charge on any atom is -0.370 e. The molecule has 5 atom stereocenters. The van der Waals surface area contributed by atoms with Crippen molar-refractivity contribution in [2.45, 2.75) is 96.5 Å². The lowest BCUT2D eigenvalue weighted by atomic mass is 9.93. The first-order chi connectivity index (χ1) is 24.8. The summed E-state index contributed by atoms with van der Waals surface area (Å²) in [5, 5.41) is 11.7. The van der Waals surface area contributed by atoms with Crippen molar-refractivity contribution in [1.82, 2.24) is 21.3 Å². The average Bonchev–Trinajstić information content (AvgIpc) is 3.87. The maximum Gasteiger partial charge on any atom is 0.275 e. The summed E-state index contributed by atoms with van der Waals surface area (Å²) in [4.78, 5) is 69.6. The molecule has 2 fully saturated rings. The van der Waals surface area contributed by atoms with Crippen molar-refractivity contribution in [1.29, 1.82) is 0 Å². The van der Waals surface area contributed by atoms with Gasteiger partial charge in [-0.2, -0.15) is 0 Å². The van der Waals surface area contributed by atoms with E-state index in [1.54, 1.807) is 6.92 Å². The van der Waals surface area contributed by atoms with Crippen LogP contribution in [0.5, 0.6) is 0 Å². The summed E-state index contributed by atoms with van der Waals surface area (Å²) in [7, 11) is 0. The number of Topliss-reactive ketones (excluding diaryl/α,β-unsaturated/α-hetero) is 1. The fraction of sp³-hybridized carbons (Fsp3) is 0.575. The third-order valence-electron chi connectivity index (χ3n) is 9.52. The minimum absolute atomic E-state index is 0.0204. The van der Waals surface area contributed by atoms with Gasteiger partial charge < -0.3 is 35.6 Å². The monoisotopic (exact) mass is 720 g/mol. The molecule has 2 aromatic rings. The number of morpholine rings is 1. The van der Waals surface area contributed by atoms with Crippen LogP contribution in [0.25, 0.3) is 0 Å². The highest BCUT2D eigenvalue weighted by Gasteiger charge is 2.50. The maximum absolute atomic E-state index is 14.1. The molecule has 12 heteroatoms. The van der Waals surface area contributed by atoms with Gasteiger partial charge >= 0.3 is 0 Å². The molecule has 2 aromatic carbocycles. The number of rotatable bonds is 20. The summed E-state index contributed by atoms with van der Waals surface area (Å²) < 4.78 is 10.8. The highest BCUT2D eigenvalue weighted by atomic mass is 16.6. The number of carbonyl (C=O) groups excluding carboxylic acids is 5. The number of benzene rings is 2. The summed E-state index contributed by atoms with van der Waals surface area (Å²) >= 11 is 0. The quantitative estimate of drug-likeness (QED) is 0.129. The highest BCUT2D eigenvalue weighted by molar-refractivity contribution is 5.98. The number of nitrogens with one attached hydrogen (secondary N) is 5. The molecule has 12 nitrogen and oxygen atoms in total. The van der Waals surface area contributed by atoms with Crippen molar-refractivity contribution in [2.24, 2.45) is 11.8 Å². The zero-order chi connectivity index (χ0) is 37.7. The predicted molar refractivity (Wildman–Crippen MR) is 197 cm³/mol. The second-order valence-electron chi connectivity index (χ2n) is 15.2. The highest BCUT2D eigenvalue weighted by Crippen LogP contribution is 2.29. The largest absolute Gasteiger partial charge is 0.370 e. The van der Waals surface area contributed by atoms with Crippen molar-refractivity contribution in [3.8, 4) is 0 Å². The van der Waals surface area contributed by atoms with E-state index in [2.05, 4.69) is 21.3 Å². The van der Waals surface area contributed by atoms with Crippen LogP contribution in [0, 0.1) is 11.8 Å². The molecular weight excluding hydrogens is 662 g/mol. The van der Waals surface area contributed by atoms with Gasteiger partial charge in [0.25, 0.3) is 5.91 Å². The third-order valence-corrected chi connectivity index (χ3v) is 9.52.